The van der Waals surface area contributed by atoms with Gasteiger partial charge in [0.05, 0.1) is 33.3 Å². The molecule has 1 heterocycles. The van der Waals surface area contributed by atoms with Gasteiger partial charge in [-0.1, -0.05) is 41.4 Å². The van der Waals surface area contributed by atoms with Crippen LogP contribution in [0, 0.1) is 5.92 Å². The number of carbonyl (C=O) groups excluding carboxylic acids is 1. The maximum absolute atomic E-state index is 13.8. The molecule has 214 valence electrons. The Morgan fingerprint density at radius 2 is 1.72 bits per heavy atom. The number of rotatable bonds is 10. The zero-order valence-electron chi connectivity index (χ0n) is 23.0. The molecule has 1 atom stereocenters. The summed E-state index contributed by atoms with van der Waals surface area (Å²) in [6.07, 6.45) is 7.13. The second kappa shape index (κ2) is 13.2. The molecule has 0 saturated heterocycles. The summed E-state index contributed by atoms with van der Waals surface area (Å²) in [4.78, 5) is 16.9. The second-order valence-electron chi connectivity index (χ2n) is 11.0. The molecular formula is C29H39Cl2N3O4S. The lowest BCUT2D eigenvalue weighted by molar-refractivity contribution is -0.135. The topological polar surface area (TPSA) is 70.2 Å². The molecule has 0 spiro atoms. The van der Waals surface area contributed by atoms with E-state index in [1.54, 1.807) is 4.90 Å². The molecule has 10 heteroatoms. The third-order valence-corrected chi connectivity index (χ3v) is 10.7. The van der Waals surface area contributed by atoms with Crippen LogP contribution in [-0.2, 0) is 26.0 Å². The Morgan fingerprint density at radius 1 is 1.00 bits per heavy atom. The Balaban J connectivity index is 1.36. The van der Waals surface area contributed by atoms with E-state index in [4.69, 9.17) is 27.9 Å². The van der Waals surface area contributed by atoms with Crippen molar-refractivity contribution in [3.05, 3.63) is 58.1 Å². The maximum Gasteiger partial charge on any atom is 0.264 e. The summed E-state index contributed by atoms with van der Waals surface area (Å²) in [5.74, 6) is 0.562. The lowest BCUT2D eigenvalue weighted by Gasteiger charge is -2.37. The molecule has 1 saturated carbocycles. The van der Waals surface area contributed by atoms with E-state index in [0.717, 1.165) is 18.4 Å². The number of nitrogens with zero attached hydrogens (tertiary/aromatic N) is 3. The van der Waals surface area contributed by atoms with E-state index in [0.29, 0.717) is 35.6 Å². The summed E-state index contributed by atoms with van der Waals surface area (Å²) in [7, 11) is 2.15. The van der Waals surface area contributed by atoms with Crippen LogP contribution in [0.2, 0.25) is 10.0 Å². The first kappa shape index (κ1) is 30.1. The highest BCUT2D eigenvalue weighted by molar-refractivity contribution is 7.92. The van der Waals surface area contributed by atoms with E-state index >= 15 is 0 Å². The summed E-state index contributed by atoms with van der Waals surface area (Å²) >= 11 is 12.2. The van der Waals surface area contributed by atoms with Crippen LogP contribution in [0.15, 0.2) is 47.4 Å². The number of carbonyl (C=O) groups is 1. The molecule has 0 radical (unpaired) electrons. The summed E-state index contributed by atoms with van der Waals surface area (Å²) in [6, 6.07) is 12.0. The molecule has 2 aromatic rings. The number of anilines is 1. The molecular weight excluding hydrogens is 557 g/mol. The van der Waals surface area contributed by atoms with E-state index in [1.807, 2.05) is 31.3 Å². The number of amides is 1. The van der Waals surface area contributed by atoms with E-state index < -0.39 is 16.1 Å². The van der Waals surface area contributed by atoms with Gasteiger partial charge in [0.1, 0.15) is 6.61 Å². The Bertz CT molecular complexity index is 1250. The van der Waals surface area contributed by atoms with Crippen molar-refractivity contribution in [2.24, 2.45) is 5.92 Å². The number of aryl methyl sites for hydroxylation is 1. The molecule has 4 rings (SSSR count). The zero-order valence-corrected chi connectivity index (χ0v) is 25.3. The highest BCUT2D eigenvalue weighted by Gasteiger charge is 2.36. The Hall–Kier alpha value is -1.84. The van der Waals surface area contributed by atoms with Gasteiger partial charge in [-0.2, -0.15) is 0 Å². The van der Waals surface area contributed by atoms with Crippen molar-refractivity contribution in [1.82, 2.24) is 9.80 Å². The highest BCUT2D eigenvalue weighted by Crippen LogP contribution is 2.37. The number of halogens is 2. The van der Waals surface area contributed by atoms with Crippen LogP contribution in [0.4, 0.5) is 5.69 Å². The molecule has 39 heavy (non-hydrogen) atoms. The lowest BCUT2D eigenvalue weighted by Crippen LogP contribution is -2.46. The van der Waals surface area contributed by atoms with Gasteiger partial charge in [0.25, 0.3) is 10.0 Å². The van der Waals surface area contributed by atoms with Gasteiger partial charge in [0.2, 0.25) is 5.91 Å². The average Bonchev–Trinajstić information content (AvgIpc) is 2.92. The predicted molar refractivity (Wildman–Crippen MR) is 157 cm³/mol. The molecule has 1 unspecified atom stereocenters. The molecule has 1 fully saturated rings. The van der Waals surface area contributed by atoms with Gasteiger partial charge in [0, 0.05) is 19.6 Å². The number of hydrogen-bond donors (Lipinski definition) is 0. The third-order valence-electron chi connectivity index (χ3n) is 8.14. The van der Waals surface area contributed by atoms with Gasteiger partial charge >= 0.3 is 0 Å². The Labute approximate surface area is 243 Å². The SMILES string of the molecule is CN(CCC1CCC(N(C)C)CC1)C(=O)COCC1CCc2ccccc2N1S(=O)(=O)c1ccc(Cl)c(Cl)c1. The quantitative estimate of drug-likeness (QED) is 0.363. The standard InChI is InChI=1S/C29H39Cl2N3O4S/c1-32(2)23-11-8-21(9-12-23)16-17-33(3)29(35)20-38-19-24-13-10-22-6-4-5-7-28(22)34(24)39(36,37)25-14-15-26(30)27(31)18-25/h4-7,14-15,18,21,23-24H,8-13,16-17,19-20H2,1-3H3. The molecule has 0 N–H and O–H groups in total. The smallest absolute Gasteiger partial charge is 0.264 e. The molecule has 2 aliphatic rings. The van der Waals surface area contributed by atoms with Crippen LogP contribution in [-0.4, -0.2) is 77.1 Å². The highest BCUT2D eigenvalue weighted by atomic mass is 35.5. The number of hydrogen-bond acceptors (Lipinski definition) is 5. The van der Waals surface area contributed by atoms with E-state index in [2.05, 4.69) is 19.0 Å². The lowest BCUT2D eigenvalue weighted by atomic mass is 9.83. The molecule has 0 bridgehead atoms. The number of sulfonamides is 1. The largest absolute Gasteiger partial charge is 0.369 e. The summed E-state index contributed by atoms with van der Waals surface area (Å²) < 4.78 is 34.9. The van der Waals surface area contributed by atoms with E-state index in [-0.39, 0.29) is 29.0 Å². The number of benzene rings is 2. The van der Waals surface area contributed by atoms with E-state index in [1.165, 1.54) is 48.2 Å². The fourth-order valence-corrected chi connectivity index (χ4v) is 7.74. The van der Waals surface area contributed by atoms with Crippen molar-refractivity contribution in [2.75, 3.05) is 45.2 Å². The zero-order chi connectivity index (χ0) is 28.2. The second-order valence-corrected chi connectivity index (χ2v) is 13.6. The maximum atomic E-state index is 13.8. The van der Waals surface area contributed by atoms with Crippen molar-refractivity contribution in [2.45, 2.75) is 61.9 Å². The fourth-order valence-electron chi connectivity index (χ4n) is 5.64. The van der Waals surface area contributed by atoms with Crippen LogP contribution in [0.3, 0.4) is 0 Å². The van der Waals surface area contributed by atoms with Gasteiger partial charge in [-0.3, -0.25) is 9.10 Å². The van der Waals surface area contributed by atoms with Gasteiger partial charge in [-0.25, -0.2) is 8.42 Å². The third kappa shape index (κ3) is 7.27. The van der Waals surface area contributed by atoms with Crippen molar-refractivity contribution >= 4 is 44.8 Å². The van der Waals surface area contributed by atoms with Gasteiger partial charge in [0.15, 0.2) is 0 Å². The number of para-hydroxylation sites is 1. The van der Waals surface area contributed by atoms with Crippen molar-refractivity contribution in [1.29, 1.82) is 0 Å². The summed E-state index contributed by atoms with van der Waals surface area (Å²) in [6.45, 7) is 0.736. The Kier molecular flexibility index (Phi) is 10.2. The molecule has 1 aliphatic heterocycles. The normalized spacial score (nSPS) is 21.6. The first-order valence-corrected chi connectivity index (χ1v) is 15.8. The molecule has 1 aliphatic carbocycles. The van der Waals surface area contributed by atoms with Crippen molar-refractivity contribution < 1.29 is 17.9 Å². The van der Waals surface area contributed by atoms with Crippen LogP contribution in [0.25, 0.3) is 0 Å². The molecule has 7 nitrogen and oxygen atoms in total. The van der Waals surface area contributed by atoms with Gasteiger partial charge in [-0.05, 0) is 94.8 Å². The van der Waals surface area contributed by atoms with Crippen molar-refractivity contribution in [3.8, 4) is 0 Å². The Morgan fingerprint density at radius 3 is 2.41 bits per heavy atom. The van der Waals surface area contributed by atoms with Crippen LogP contribution < -0.4 is 4.31 Å². The van der Waals surface area contributed by atoms with Gasteiger partial charge in [-0.15, -0.1) is 0 Å². The van der Waals surface area contributed by atoms with Crippen LogP contribution >= 0.6 is 23.2 Å². The first-order chi connectivity index (χ1) is 18.6. The predicted octanol–water partition coefficient (Wildman–Crippen LogP) is 5.49. The van der Waals surface area contributed by atoms with Crippen LogP contribution in [0.1, 0.15) is 44.1 Å². The van der Waals surface area contributed by atoms with Gasteiger partial charge < -0.3 is 14.5 Å². The number of fused-ring (bicyclic) bond motifs is 1. The minimum absolute atomic E-state index is 0.0639. The van der Waals surface area contributed by atoms with Crippen LogP contribution in [0.5, 0.6) is 0 Å². The molecule has 1 amide bonds. The summed E-state index contributed by atoms with van der Waals surface area (Å²) in [5, 5.41) is 0.466. The minimum atomic E-state index is -3.95. The monoisotopic (exact) mass is 595 g/mol. The van der Waals surface area contributed by atoms with Crippen molar-refractivity contribution in [3.63, 3.8) is 0 Å². The minimum Gasteiger partial charge on any atom is -0.369 e. The molecule has 0 aromatic heterocycles. The average molecular weight is 597 g/mol. The number of ether oxygens (including phenoxy) is 1. The molecule has 2 aromatic carbocycles. The fraction of sp³-hybridized carbons (Fsp3) is 0.552. The number of likely N-dealkylation sites (N-methyl/N-ethyl adjacent to an activating group) is 1. The first-order valence-electron chi connectivity index (χ1n) is 13.6. The summed E-state index contributed by atoms with van der Waals surface area (Å²) in [5.41, 5.74) is 1.57. The van der Waals surface area contributed by atoms with E-state index in [9.17, 15) is 13.2 Å².